The molecular weight excluding hydrogens is 254 g/mol. The van der Waals surface area contributed by atoms with E-state index in [1.165, 1.54) is 0 Å². The number of hydrogen-bond donors (Lipinski definition) is 1. The molecule has 0 aliphatic carbocycles. The van der Waals surface area contributed by atoms with Gasteiger partial charge in [-0.2, -0.15) is 0 Å². The van der Waals surface area contributed by atoms with Crippen molar-refractivity contribution < 1.29 is 9.59 Å². The highest BCUT2D eigenvalue weighted by Gasteiger charge is 2.31. The molecule has 1 aliphatic heterocycles. The molecule has 0 bridgehead atoms. The number of pyridine rings is 1. The molecule has 5 nitrogen and oxygen atoms in total. The normalized spacial score (nSPS) is 16.3. The molecule has 1 atom stereocenters. The molecule has 1 N–H and O–H groups in total. The van der Waals surface area contributed by atoms with Gasteiger partial charge in [0.25, 0.3) is 0 Å². The lowest BCUT2D eigenvalue weighted by Gasteiger charge is -2.25. The van der Waals surface area contributed by atoms with Gasteiger partial charge in [0.1, 0.15) is 11.9 Å². The van der Waals surface area contributed by atoms with E-state index in [9.17, 15) is 9.59 Å². The lowest BCUT2D eigenvalue weighted by Crippen LogP contribution is -2.44. The molecule has 0 saturated carbocycles. The number of carbonyl (C=O) groups is 2. The third kappa shape index (κ3) is 2.98. The molecule has 20 heavy (non-hydrogen) atoms. The molecule has 2 heterocycles. The minimum Gasteiger partial charge on any atom is -0.331 e. The quantitative estimate of drug-likeness (QED) is 0.893. The van der Waals surface area contributed by atoms with E-state index in [-0.39, 0.29) is 11.8 Å². The van der Waals surface area contributed by atoms with E-state index in [1.54, 1.807) is 11.1 Å². The number of amides is 2. The number of anilines is 1. The molecule has 1 unspecified atom stereocenters. The fourth-order valence-electron chi connectivity index (χ4n) is 2.58. The van der Waals surface area contributed by atoms with Gasteiger partial charge in [-0.25, -0.2) is 4.98 Å². The highest BCUT2D eigenvalue weighted by atomic mass is 16.2. The molecule has 2 rings (SSSR count). The van der Waals surface area contributed by atoms with Gasteiger partial charge in [0.15, 0.2) is 0 Å². The largest absolute Gasteiger partial charge is 0.331 e. The summed E-state index contributed by atoms with van der Waals surface area (Å²) in [6.45, 7) is 4.62. The Morgan fingerprint density at radius 1 is 1.50 bits per heavy atom. The number of hydrogen-bond acceptors (Lipinski definition) is 3. The number of carbonyl (C=O) groups excluding carboxylic acids is 2. The zero-order valence-electron chi connectivity index (χ0n) is 12.1. The summed E-state index contributed by atoms with van der Waals surface area (Å²) in [5, 5.41) is 2.87. The van der Waals surface area contributed by atoms with Gasteiger partial charge in [0.2, 0.25) is 11.8 Å². The van der Waals surface area contributed by atoms with E-state index < -0.39 is 6.04 Å². The first-order valence-electron chi connectivity index (χ1n) is 7.21. The number of rotatable bonds is 5. The molecule has 1 saturated heterocycles. The topological polar surface area (TPSA) is 62.3 Å². The lowest BCUT2D eigenvalue weighted by molar-refractivity contribution is -0.135. The minimum absolute atomic E-state index is 0.0729. The zero-order valence-corrected chi connectivity index (χ0v) is 12.1. The van der Waals surface area contributed by atoms with Crippen molar-refractivity contribution in [2.75, 3.05) is 11.9 Å². The Bertz CT molecular complexity index is 502. The summed E-state index contributed by atoms with van der Waals surface area (Å²) in [6.07, 6.45) is 4.48. The van der Waals surface area contributed by atoms with Crippen LogP contribution in [-0.2, 0) is 16.0 Å². The number of nitrogens with one attached hydrogen (secondary N) is 1. The van der Waals surface area contributed by atoms with Crippen molar-refractivity contribution in [3.8, 4) is 0 Å². The number of nitrogens with zero attached hydrogens (tertiary/aromatic N) is 2. The first-order chi connectivity index (χ1) is 9.67. The summed E-state index contributed by atoms with van der Waals surface area (Å²) in [7, 11) is 0. The van der Waals surface area contributed by atoms with Crippen molar-refractivity contribution in [1.82, 2.24) is 9.88 Å². The predicted octanol–water partition coefficient (Wildman–Crippen LogP) is 1.98. The molecule has 0 aromatic carbocycles. The molecule has 1 aliphatic rings. The Hall–Kier alpha value is -1.91. The van der Waals surface area contributed by atoms with Crippen LogP contribution in [0.2, 0.25) is 0 Å². The van der Waals surface area contributed by atoms with Crippen LogP contribution in [-0.4, -0.2) is 34.3 Å². The summed E-state index contributed by atoms with van der Waals surface area (Å²) in [6, 6.07) is 3.41. The highest BCUT2D eigenvalue weighted by Crippen LogP contribution is 2.18. The molecule has 5 heteroatoms. The Kier molecular flexibility index (Phi) is 4.71. The summed E-state index contributed by atoms with van der Waals surface area (Å²) in [5.41, 5.74) is 1.00. The van der Waals surface area contributed by atoms with Crippen LogP contribution in [0.4, 0.5) is 5.82 Å². The van der Waals surface area contributed by atoms with Gasteiger partial charge in [-0.1, -0.05) is 19.9 Å². The van der Waals surface area contributed by atoms with Crippen molar-refractivity contribution >= 4 is 17.6 Å². The van der Waals surface area contributed by atoms with Crippen LogP contribution in [0.3, 0.4) is 0 Å². The van der Waals surface area contributed by atoms with Gasteiger partial charge in [0.05, 0.1) is 0 Å². The van der Waals surface area contributed by atoms with Crippen molar-refractivity contribution in [1.29, 1.82) is 0 Å². The van der Waals surface area contributed by atoms with Crippen molar-refractivity contribution in [2.45, 2.75) is 45.6 Å². The second-order valence-corrected chi connectivity index (χ2v) is 4.97. The number of aryl methyl sites for hydroxylation is 1. The maximum absolute atomic E-state index is 12.4. The summed E-state index contributed by atoms with van der Waals surface area (Å²) >= 11 is 0. The van der Waals surface area contributed by atoms with Gasteiger partial charge < -0.3 is 10.2 Å². The van der Waals surface area contributed by atoms with Crippen LogP contribution >= 0.6 is 0 Å². The van der Waals surface area contributed by atoms with Crippen molar-refractivity contribution in [3.63, 3.8) is 0 Å². The van der Waals surface area contributed by atoms with E-state index in [0.29, 0.717) is 25.2 Å². The molecule has 0 radical (unpaired) electrons. The molecule has 1 aromatic rings. The second-order valence-electron chi connectivity index (χ2n) is 4.97. The third-order valence-electron chi connectivity index (χ3n) is 3.69. The van der Waals surface area contributed by atoms with E-state index >= 15 is 0 Å². The van der Waals surface area contributed by atoms with Gasteiger partial charge in [-0.3, -0.25) is 9.59 Å². The Labute approximate surface area is 119 Å². The van der Waals surface area contributed by atoms with E-state index in [2.05, 4.69) is 10.3 Å². The van der Waals surface area contributed by atoms with Crippen molar-refractivity contribution in [3.05, 3.63) is 23.9 Å². The van der Waals surface area contributed by atoms with Crippen LogP contribution in [0.15, 0.2) is 18.3 Å². The fourth-order valence-corrected chi connectivity index (χ4v) is 2.58. The average molecular weight is 275 g/mol. The first kappa shape index (κ1) is 14.5. The molecular formula is C15H21N3O2. The summed E-state index contributed by atoms with van der Waals surface area (Å²) in [4.78, 5) is 30.1. The molecule has 108 valence electrons. The standard InChI is InChI=1S/C15H21N3O2/c1-3-11-7-5-9-16-14(11)17-15(20)12(4-2)18-10-6-8-13(18)19/h5,7,9,12H,3-4,6,8,10H2,1-2H3,(H,16,17,20). The zero-order chi connectivity index (χ0) is 14.5. The molecule has 1 fully saturated rings. The van der Waals surface area contributed by atoms with Crippen LogP contribution in [0.5, 0.6) is 0 Å². The summed E-state index contributed by atoms with van der Waals surface area (Å²) in [5.74, 6) is 0.532. The molecule has 2 amide bonds. The van der Waals surface area contributed by atoms with Crippen LogP contribution in [0, 0.1) is 0 Å². The van der Waals surface area contributed by atoms with Gasteiger partial charge >= 0.3 is 0 Å². The van der Waals surface area contributed by atoms with Gasteiger partial charge in [-0.15, -0.1) is 0 Å². The second kappa shape index (κ2) is 6.50. The first-order valence-corrected chi connectivity index (χ1v) is 7.21. The summed E-state index contributed by atoms with van der Waals surface area (Å²) < 4.78 is 0. The third-order valence-corrected chi connectivity index (χ3v) is 3.69. The SMILES string of the molecule is CCc1cccnc1NC(=O)C(CC)N1CCCC1=O. The van der Waals surface area contributed by atoms with Gasteiger partial charge in [-0.05, 0) is 30.9 Å². The fraction of sp³-hybridized carbons (Fsp3) is 0.533. The average Bonchev–Trinajstić information content (AvgIpc) is 2.87. The monoisotopic (exact) mass is 275 g/mol. The Morgan fingerprint density at radius 2 is 2.30 bits per heavy atom. The van der Waals surface area contributed by atoms with Crippen LogP contribution < -0.4 is 5.32 Å². The minimum atomic E-state index is -0.392. The van der Waals surface area contributed by atoms with Gasteiger partial charge in [0, 0.05) is 19.2 Å². The lowest BCUT2D eigenvalue weighted by atomic mass is 10.1. The van der Waals surface area contributed by atoms with Crippen LogP contribution in [0.1, 0.15) is 38.7 Å². The van der Waals surface area contributed by atoms with E-state index in [4.69, 9.17) is 0 Å². The Morgan fingerprint density at radius 3 is 2.90 bits per heavy atom. The predicted molar refractivity (Wildman–Crippen MR) is 77.3 cm³/mol. The molecule has 1 aromatic heterocycles. The van der Waals surface area contributed by atoms with E-state index in [0.717, 1.165) is 18.4 Å². The maximum atomic E-state index is 12.4. The molecule has 0 spiro atoms. The highest BCUT2D eigenvalue weighted by molar-refractivity contribution is 5.97. The Balaban J connectivity index is 2.11. The van der Waals surface area contributed by atoms with Crippen molar-refractivity contribution in [2.24, 2.45) is 0 Å². The van der Waals surface area contributed by atoms with E-state index in [1.807, 2.05) is 26.0 Å². The number of aromatic nitrogens is 1. The van der Waals surface area contributed by atoms with Crippen LogP contribution in [0.25, 0.3) is 0 Å². The number of likely N-dealkylation sites (tertiary alicyclic amines) is 1. The maximum Gasteiger partial charge on any atom is 0.248 e. The smallest absolute Gasteiger partial charge is 0.248 e.